The van der Waals surface area contributed by atoms with Gasteiger partial charge in [-0.2, -0.15) is 0 Å². The Hall–Kier alpha value is -2.57. The van der Waals surface area contributed by atoms with Gasteiger partial charge in [0.25, 0.3) is 0 Å². The van der Waals surface area contributed by atoms with E-state index in [0.29, 0.717) is 11.4 Å². The van der Waals surface area contributed by atoms with Crippen LogP contribution in [0.5, 0.6) is 5.75 Å². The molecule has 1 unspecified atom stereocenters. The second-order valence-electron chi connectivity index (χ2n) is 5.61. The summed E-state index contributed by atoms with van der Waals surface area (Å²) < 4.78 is 5.03. The van der Waals surface area contributed by atoms with E-state index in [-0.39, 0.29) is 24.7 Å². The number of benzene rings is 1. The number of hydrogen-bond donors (Lipinski definition) is 3. The van der Waals surface area contributed by atoms with Crippen molar-refractivity contribution in [2.45, 2.75) is 32.7 Å². The van der Waals surface area contributed by atoms with Gasteiger partial charge in [-0.25, -0.2) is 0 Å². The van der Waals surface area contributed by atoms with Crippen LogP contribution in [0.2, 0.25) is 0 Å². The van der Waals surface area contributed by atoms with Crippen molar-refractivity contribution >= 4 is 23.4 Å². The molecule has 126 valence electrons. The minimum absolute atomic E-state index is 0.147. The van der Waals surface area contributed by atoms with Gasteiger partial charge in [0.15, 0.2) is 0 Å². The zero-order valence-electron chi connectivity index (χ0n) is 13.6. The van der Waals surface area contributed by atoms with E-state index in [0.717, 1.165) is 0 Å². The Labute approximate surface area is 135 Å². The van der Waals surface area contributed by atoms with Crippen LogP contribution in [0.25, 0.3) is 0 Å². The number of anilines is 1. The molecule has 0 bridgehead atoms. The molecule has 1 rings (SSSR count). The number of amides is 3. The third kappa shape index (κ3) is 6.82. The van der Waals surface area contributed by atoms with Gasteiger partial charge >= 0.3 is 0 Å². The summed E-state index contributed by atoms with van der Waals surface area (Å²) in [4.78, 5) is 35.2. The minimum atomic E-state index is -0.999. The normalized spacial score (nSPS) is 11.7. The Balaban J connectivity index is 2.73. The molecule has 1 aromatic rings. The van der Waals surface area contributed by atoms with Crippen molar-refractivity contribution in [1.29, 1.82) is 0 Å². The van der Waals surface area contributed by atoms with E-state index in [4.69, 9.17) is 10.5 Å². The lowest BCUT2D eigenvalue weighted by atomic mass is 10.1. The monoisotopic (exact) mass is 321 g/mol. The molecule has 7 heteroatoms. The number of carbonyl (C=O) groups is 3. The number of hydrogen-bond acceptors (Lipinski definition) is 4. The summed E-state index contributed by atoms with van der Waals surface area (Å²) in [6.45, 7) is 3.78. The molecule has 0 saturated heterocycles. The number of rotatable bonds is 8. The Morgan fingerprint density at radius 1 is 1.13 bits per heavy atom. The van der Waals surface area contributed by atoms with Gasteiger partial charge in [-0.15, -0.1) is 0 Å². The summed E-state index contributed by atoms with van der Waals surface area (Å²) in [5, 5.41) is 5.19. The Morgan fingerprint density at radius 3 is 2.22 bits per heavy atom. The van der Waals surface area contributed by atoms with Crippen LogP contribution in [0.1, 0.15) is 26.7 Å². The molecule has 1 atom stereocenters. The molecule has 0 aromatic heterocycles. The number of ether oxygens (including phenoxy) is 1. The maximum Gasteiger partial charge on any atom is 0.247 e. The van der Waals surface area contributed by atoms with Crippen LogP contribution in [0.4, 0.5) is 5.69 Å². The third-order valence-electron chi connectivity index (χ3n) is 3.01. The van der Waals surface area contributed by atoms with Crippen molar-refractivity contribution in [2.75, 3.05) is 12.4 Å². The highest BCUT2D eigenvalue weighted by Gasteiger charge is 2.23. The van der Waals surface area contributed by atoms with Crippen molar-refractivity contribution in [3.8, 4) is 5.75 Å². The highest BCUT2D eigenvalue weighted by atomic mass is 16.5. The van der Waals surface area contributed by atoms with Crippen LogP contribution < -0.4 is 21.1 Å². The Kier molecular flexibility index (Phi) is 7.05. The van der Waals surface area contributed by atoms with E-state index in [2.05, 4.69) is 10.6 Å². The van der Waals surface area contributed by atoms with E-state index < -0.39 is 17.9 Å². The molecular weight excluding hydrogens is 298 g/mol. The molecule has 0 heterocycles. The summed E-state index contributed by atoms with van der Waals surface area (Å²) in [5.41, 5.74) is 5.68. The summed E-state index contributed by atoms with van der Waals surface area (Å²) in [6, 6.07) is 5.70. The lowest BCUT2D eigenvalue weighted by Crippen LogP contribution is -2.46. The van der Waals surface area contributed by atoms with Crippen LogP contribution in [-0.4, -0.2) is 30.9 Å². The second kappa shape index (κ2) is 8.77. The molecule has 3 amide bonds. The number of nitrogens with two attached hydrogens (primary N) is 1. The average molecular weight is 321 g/mol. The van der Waals surface area contributed by atoms with Crippen molar-refractivity contribution in [3.63, 3.8) is 0 Å². The Morgan fingerprint density at radius 2 is 1.74 bits per heavy atom. The molecule has 4 N–H and O–H groups in total. The van der Waals surface area contributed by atoms with Crippen LogP contribution in [-0.2, 0) is 14.4 Å². The van der Waals surface area contributed by atoms with E-state index in [1.165, 1.54) is 0 Å². The van der Waals surface area contributed by atoms with Gasteiger partial charge < -0.3 is 21.1 Å². The van der Waals surface area contributed by atoms with Crippen LogP contribution in [0.15, 0.2) is 24.3 Å². The van der Waals surface area contributed by atoms with Gasteiger partial charge in [0.1, 0.15) is 11.8 Å². The fraction of sp³-hybridized carbons (Fsp3) is 0.438. The van der Waals surface area contributed by atoms with Crippen LogP contribution >= 0.6 is 0 Å². The topological polar surface area (TPSA) is 111 Å². The molecule has 0 saturated carbocycles. The SMILES string of the molecule is COc1ccc(NC(=O)C(CC(N)=O)NC(=O)CC(C)C)cc1. The molecule has 0 spiro atoms. The van der Waals surface area contributed by atoms with Gasteiger partial charge in [0, 0.05) is 12.1 Å². The summed E-state index contributed by atoms with van der Waals surface area (Å²) in [5.74, 6) is -0.650. The number of methoxy groups -OCH3 is 1. The van der Waals surface area contributed by atoms with Gasteiger partial charge in [-0.05, 0) is 30.2 Å². The first kappa shape index (κ1) is 18.5. The van der Waals surface area contributed by atoms with Crippen molar-refractivity contribution in [2.24, 2.45) is 11.7 Å². The lowest BCUT2D eigenvalue weighted by molar-refractivity contribution is -0.129. The summed E-state index contributed by atoms with van der Waals surface area (Å²) in [7, 11) is 1.54. The molecule has 0 fully saturated rings. The van der Waals surface area contributed by atoms with Gasteiger partial charge in [0.05, 0.1) is 13.5 Å². The Bertz CT molecular complexity index is 555. The predicted octanol–water partition coefficient (Wildman–Crippen LogP) is 1.04. The van der Waals surface area contributed by atoms with E-state index in [1.54, 1.807) is 31.4 Å². The van der Waals surface area contributed by atoms with E-state index in [1.807, 2.05) is 13.8 Å². The van der Waals surface area contributed by atoms with Crippen molar-refractivity contribution in [1.82, 2.24) is 5.32 Å². The first-order valence-corrected chi connectivity index (χ1v) is 7.34. The van der Waals surface area contributed by atoms with Crippen molar-refractivity contribution < 1.29 is 19.1 Å². The van der Waals surface area contributed by atoms with Crippen LogP contribution in [0, 0.1) is 5.92 Å². The number of carbonyl (C=O) groups excluding carboxylic acids is 3. The average Bonchev–Trinajstić information content (AvgIpc) is 2.46. The van der Waals surface area contributed by atoms with E-state index >= 15 is 0 Å². The van der Waals surface area contributed by atoms with Crippen molar-refractivity contribution in [3.05, 3.63) is 24.3 Å². The standard InChI is InChI=1S/C16H23N3O4/c1-10(2)8-15(21)19-13(9-14(17)20)16(22)18-11-4-6-12(23-3)7-5-11/h4-7,10,13H,8-9H2,1-3H3,(H2,17,20)(H,18,22)(H,19,21). The summed E-state index contributed by atoms with van der Waals surface area (Å²) >= 11 is 0. The maximum atomic E-state index is 12.3. The molecule has 7 nitrogen and oxygen atoms in total. The molecule has 0 radical (unpaired) electrons. The lowest BCUT2D eigenvalue weighted by Gasteiger charge is -2.18. The van der Waals surface area contributed by atoms with Gasteiger partial charge in [-0.3, -0.25) is 14.4 Å². The van der Waals surface area contributed by atoms with Gasteiger partial charge in [0.2, 0.25) is 17.7 Å². The predicted molar refractivity (Wildman–Crippen MR) is 86.8 cm³/mol. The largest absolute Gasteiger partial charge is 0.497 e. The number of nitrogens with one attached hydrogen (secondary N) is 2. The molecule has 0 aliphatic heterocycles. The maximum absolute atomic E-state index is 12.3. The highest BCUT2D eigenvalue weighted by Crippen LogP contribution is 2.15. The van der Waals surface area contributed by atoms with Crippen LogP contribution in [0.3, 0.4) is 0 Å². The second-order valence-corrected chi connectivity index (χ2v) is 5.61. The third-order valence-corrected chi connectivity index (χ3v) is 3.01. The minimum Gasteiger partial charge on any atom is -0.497 e. The summed E-state index contributed by atoms with van der Waals surface area (Å²) in [6.07, 6.45) is 0.0108. The highest BCUT2D eigenvalue weighted by molar-refractivity contribution is 5.99. The molecule has 1 aromatic carbocycles. The van der Waals surface area contributed by atoms with E-state index in [9.17, 15) is 14.4 Å². The first-order valence-electron chi connectivity index (χ1n) is 7.34. The molecule has 23 heavy (non-hydrogen) atoms. The van der Waals surface area contributed by atoms with Gasteiger partial charge in [-0.1, -0.05) is 13.8 Å². The smallest absolute Gasteiger partial charge is 0.247 e. The molecule has 0 aliphatic rings. The zero-order chi connectivity index (χ0) is 17.4. The molecule has 0 aliphatic carbocycles. The quantitative estimate of drug-likeness (QED) is 0.664. The first-order chi connectivity index (χ1) is 10.8. The molecular formula is C16H23N3O4. The zero-order valence-corrected chi connectivity index (χ0v) is 13.6. The number of primary amides is 1. The fourth-order valence-electron chi connectivity index (χ4n) is 1.94. The fourth-order valence-corrected chi connectivity index (χ4v) is 1.94.